The molecule has 0 aliphatic rings. The highest BCUT2D eigenvalue weighted by atomic mass is 19.1. The maximum absolute atomic E-state index is 13.1. The van der Waals surface area contributed by atoms with Gasteiger partial charge in [0, 0.05) is 5.56 Å². The Hall–Kier alpha value is -1.87. The molecular weight excluding hydrogens is 243 g/mol. The first-order valence-corrected chi connectivity index (χ1v) is 6.22. The molecule has 1 N–H and O–H groups in total. The van der Waals surface area contributed by atoms with Crippen LogP contribution in [0.3, 0.4) is 0 Å². The van der Waals surface area contributed by atoms with E-state index in [1.807, 2.05) is 25.1 Å². The van der Waals surface area contributed by atoms with Gasteiger partial charge in [0.25, 0.3) is 0 Å². The van der Waals surface area contributed by atoms with Gasteiger partial charge in [0.15, 0.2) is 0 Å². The van der Waals surface area contributed by atoms with Crippen LogP contribution in [0.15, 0.2) is 42.5 Å². The number of ether oxygens (including phenoxy) is 1. The van der Waals surface area contributed by atoms with E-state index in [2.05, 4.69) is 0 Å². The Morgan fingerprint density at radius 2 is 2.00 bits per heavy atom. The van der Waals surface area contributed by atoms with Crippen LogP contribution in [0, 0.1) is 12.7 Å². The zero-order chi connectivity index (χ0) is 13.8. The van der Waals surface area contributed by atoms with E-state index in [0.29, 0.717) is 5.75 Å². The van der Waals surface area contributed by atoms with Crippen LogP contribution in [0.5, 0.6) is 5.75 Å². The molecule has 2 nitrogen and oxygen atoms in total. The minimum absolute atomic E-state index is 0.277. The van der Waals surface area contributed by atoms with Gasteiger partial charge in [-0.15, -0.1) is 0 Å². The maximum Gasteiger partial charge on any atom is 0.125 e. The van der Waals surface area contributed by atoms with Crippen molar-refractivity contribution in [2.75, 3.05) is 0 Å². The van der Waals surface area contributed by atoms with Crippen molar-refractivity contribution in [1.29, 1.82) is 0 Å². The first-order valence-electron chi connectivity index (χ1n) is 6.22. The number of rotatable bonds is 4. The number of aliphatic hydroxyl groups excluding tert-OH is 1. The van der Waals surface area contributed by atoms with E-state index in [1.54, 1.807) is 19.1 Å². The van der Waals surface area contributed by atoms with E-state index in [1.165, 1.54) is 12.1 Å². The molecule has 1 atom stereocenters. The molecule has 0 spiro atoms. The molecular formula is C16H17FO2. The summed E-state index contributed by atoms with van der Waals surface area (Å²) in [6.07, 6.45) is -0.595. The molecule has 0 aliphatic heterocycles. The fraction of sp³-hybridized carbons (Fsp3) is 0.250. The van der Waals surface area contributed by atoms with Crippen LogP contribution >= 0.6 is 0 Å². The lowest BCUT2D eigenvalue weighted by molar-refractivity contribution is 0.190. The van der Waals surface area contributed by atoms with Gasteiger partial charge in [-0.3, -0.25) is 0 Å². The highest BCUT2D eigenvalue weighted by molar-refractivity contribution is 5.38. The van der Waals surface area contributed by atoms with Crippen LogP contribution in [0.25, 0.3) is 0 Å². The largest absolute Gasteiger partial charge is 0.489 e. The summed E-state index contributed by atoms with van der Waals surface area (Å²) in [7, 11) is 0. The molecule has 2 rings (SSSR count). The fourth-order valence-electron chi connectivity index (χ4n) is 1.91. The average Bonchev–Trinajstić information content (AvgIpc) is 2.37. The van der Waals surface area contributed by atoms with Gasteiger partial charge in [0.1, 0.15) is 18.2 Å². The molecule has 100 valence electrons. The van der Waals surface area contributed by atoms with Crippen LogP contribution < -0.4 is 4.74 Å². The van der Waals surface area contributed by atoms with Crippen molar-refractivity contribution >= 4 is 0 Å². The summed E-state index contributed by atoms with van der Waals surface area (Å²) in [6.45, 7) is 3.94. The maximum atomic E-state index is 13.1. The molecule has 1 unspecified atom stereocenters. The molecule has 2 aromatic carbocycles. The summed E-state index contributed by atoms with van der Waals surface area (Å²) in [6, 6.07) is 11.9. The number of aliphatic hydroxyl groups is 1. The topological polar surface area (TPSA) is 29.5 Å². The molecule has 0 fully saturated rings. The molecule has 19 heavy (non-hydrogen) atoms. The molecule has 0 aliphatic carbocycles. The number of benzene rings is 2. The van der Waals surface area contributed by atoms with Crippen LogP contribution in [-0.4, -0.2) is 5.11 Å². The summed E-state index contributed by atoms with van der Waals surface area (Å²) in [5, 5.41) is 9.73. The summed E-state index contributed by atoms with van der Waals surface area (Å²) >= 11 is 0. The van der Waals surface area contributed by atoms with E-state index < -0.39 is 6.10 Å². The normalized spacial score (nSPS) is 12.2. The minimum atomic E-state index is -0.595. The molecule has 0 saturated carbocycles. The van der Waals surface area contributed by atoms with Crippen LogP contribution in [0.1, 0.15) is 29.7 Å². The molecule has 0 amide bonds. The second-order valence-electron chi connectivity index (χ2n) is 4.64. The van der Waals surface area contributed by atoms with Crippen molar-refractivity contribution < 1.29 is 14.2 Å². The fourth-order valence-corrected chi connectivity index (χ4v) is 1.91. The first kappa shape index (κ1) is 13.6. The lowest BCUT2D eigenvalue weighted by atomic mass is 10.1. The lowest BCUT2D eigenvalue weighted by Gasteiger charge is -2.14. The predicted octanol–water partition coefficient (Wildman–Crippen LogP) is 3.77. The molecule has 0 heterocycles. The third-order valence-electron chi connectivity index (χ3n) is 2.90. The van der Waals surface area contributed by atoms with Gasteiger partial charge >= 0.3 is 0 Å². The minimum Gasteiger partial charge on any atom is -0.489 e. The van der Waals surface area contributed by atoms with Gasteiger partial charge in [-0.25, -0.2) is 4.39 Å². The Bertz CT molecular complexity index is 564. The molecule has 0 aromatic heterocycles. The van der Waals surface area contributed by atoms with Gasteiger partial charge in [-0.1, -0.05) is 23.8 Å². The van der Waals surface area contributed by atoms with E-state index >= 15 is 0 Å². The SMILES string of the molecule is Cc1ccc(OCc2cccc(F)c2)c(C(C)O)c1. The van der Waals surface area contributed by atoms with Crippen LogP contribution in [-0.2, 0) is 6.61 Å². The van der Waals surface area contributed by atoms with Gasteiger partial charge in [-0.05, 0) is 43.7 Å². The van der Waals surface area contributed by atoms with Crippen molar-refractivity contribution in [3.05, 3.63) is 65.0 Å². The number of halogens is 1. The van der Waals surface area contributed by atoms with E-state index in [0.717, 1.165) is 16.7 Å². The Balaban J connectivity index is 2.15. The molecule has 2 aromatic rings. The molecule has 0 saturated heterocycles. The summed E-state index contributed by atoms with van der Waals surface area (Å²) < 4.78 is 18.7. The smallest absolute Gasteiger partial charge is 0.125 e. The number of hydrogen-bond donors (Lipinski definition) is 1. The van der Waals surface area contributed by atoms with E-state index in [-0.39, 0.29) is 12.4 Å². The van der Waals surface area contributed by atoms with Crippen molar-refractivity contribution in [2.24, 2.45) is 0 Å². The highest BCUT2D eigenvalue weighted by Gasteiger charge is 2.09. The van der Waals surface area contributed by atoms with Gasteiger partial charge in [0.2, 0.25) is 0 Å². The first-order chi connectivity index (χ1) is 9.06. The average molecular weight is 260 g/mol. The lowest BCUT2D eigenvalue weighted by Crippen LogP contribution is -2.01. The summed E-state index contributed by atoms with van der Waals surface area (Å²) in [5.74, 6) is 0.352. The summed E-state index contributed by atoms with van der Waals surface area (Å²) in [5.41, 5.74) is 2.57. The van der Waals surface area contributed by atoms with Crippen LogP contribution in [0.4, 0.5) is 4.39 Å². The second kappa shape index (κ2) is 5.85. The molecule has 0 bridgehead atoms. The van der Waals surface area contributed by atoms with Crippen molar-refractivity contribution in [3.8, 4) is 5.75 Å². The number of hydrogen-bond acceptors (Lipinski definition) is 2. The van der Waals surface area contributed by atoms with E-state index in [9.17, 15) is 9.50 Å². The van der Waals surface area contributed by atoms with Crippen molar-refractivity contribution in [1.82, 2.24) is 0 Å². The third-order valence-corrected chi connectivity index (χ3v) is 2.90. The highest BCUT2D eigenvalue weighted by Crippen LogP contribution is 2.27. The van der Waals surface area contributed by atoms with Crippen LogP contribution in [0.2, 0.25) is 0 Å². The monoisotopic (exact) mass is 260 g/mol. The number of aryl methyl sites for hydroxylation is 1. The predicted molar refractivity (Wildman–Crippen MR) is 72.5 cm³/mol. The summed E-state index contributed by atoms with van der Waals surface area (Å²) in [4.78, 5) is 0. The van der Waals surface area contributed by atoms with Crippen molar-refractivity contribution in [2.45, 2.75) is 26.6 Å². The second-order valence-corrected chi connectivity index (χ2v) is 4.64. The molecule has 3 heteroatoms. The Morgan fingerprint density at radius 1 is 1.21 bits per heavy atom. The third kappa shape index (κ3) is 3.55. The quantitative estimate of drug-likeness (QED) is 0.906. The Labute approximate surface area is 112 Å². The standard InChI is InChI=1S/C16H17FO2/c1-11-6-7-16(15(8-11)12(2)18)19-10-13-4-3-5-14(17)9-13/h3-9,12,18H,10H2,1-2H3. The zero-order valence-corrected chi connectivity index (χ0v) is 11.1. The Kier molecular flexibility index (Phi) is 4.17. The Morgan fingerprint density at radius 3 is 2.68 bits per heavy atom. The van der Waals surface area contributed by atoms with Gasteiger partial charge in [0.05, 0.1) is 6.10 Å². The van der Waals surface area contributed by atoms with Crippen molar-refractivity contribution in [3.63, 3.8) is 0 Å². The van der Waals surface area contributed by atoms with E-state index in [4.69, 9.17) is 4.74 Å². The van der Waals surface area contributed by atoms with Gasteiger partial charge < -0.3 is 9.84 Å². The van der Waals surface area contributed by atoms with Gasteiger partial charge in [-0.2, -0.15) is 0 Å². The molecule has 0 radical (unpaired) electrons. The zero-order valence-electron chi connectivity index (χ0n) is 11.1.